The van der Waals surface area contributed by atoms with E-state index in [0.717, 1.165) is 13.0 Å². The van der Waals surface area contributed by atoms with E-state index in [0.29, 0.717) is 15.8 Å². The van der Waals surface area contributed by atoms with Crippen LogP contribution in [0.3, 0.4) is 0 Å². The number of hydrogen-bond donors (Lipinski definition) is 1. The van der Waals surface area contributed by atoms with Crippen LogP contribution in [0.15, 0.2) is 36.7 Å². The van der Waals surface area contributed by atoms with Crippen LogP contribution in [0.2, 0.25) is 4.34 Å². The molecule has 0 aliphatic heterocycles. The minimum atomic E-state index is -0.0468. The molecule has 0 aliphatic rings. The van der Waals surface area contributed by atoms with E-state index in [1.54, 1.807) is 12.1 Å². The lowest BCUT2D eigenvalue weighted by atomic mass is 10.4. The molecule has 3 nitrogen and oxygen atoms in total. The zero-order valence-corrected chi connectivity index (χ0v) is 10.8. The Kier molecular flexibility index (Phi) is 4.23. The molecule has 0 aromatic carbocycles. The molecule has 0 unspecified atom stereocenters. The summed E-state index contributed by atoms with van der Waals surface area (Å²) < 4.78 is 2.73. The molecule has 0 spiro atoms. The van der Waals surface area contributed by atoms with E-state index < -0.39 is 0 Å². The highest BCUT2D eigenvalue weighted by Crippen LogP contribution is 2.20. The van der Waals surface area contributed by atoms with Crippen LogP contribution in [0.4, 0.5) is 0 Å². The van der Waals surface area contributed by atoms with Gasteiger partial charge in [-0.2, -0.15) is 0 Å². The van der Waals surface area contributed by atoms with Gasteiger partial charge in [-0.3, -0.25) is 4.79 Å². The van der Waals surface area contributed by atoms with Crippen molar-refractivity contribution in [3.63, 3.8) is 0 Å². The van der Waals surface area contributed by atoms with Gasteiger partial charge < -0.3 is 9.88 Å². The van der Waals surface area contributed by atoms with Crippen LogP contribution < -0.4 is 5.32 Å². The maximum Gasteiger partial charge on any atom is 0.261 e. The maximum absolute atomic E-state index is 11.7. The van der Waals surface area contributed by atoms with Gasteiger partial charge in [-0.1, -0.05) is 11.6 Å². The number of amides is 1. The first-order chi connectivity index (χ1) is 8.25. The van der Waals surface area contributed by atoms with E-state index in [1.807, 2.05) is 24.5 Å². The number of nitrogens with one attached hydrogen (secondary N) is 1. The van der Waals surface area contributed by atoms with Crippen molar-refractivity contribution in [2.45, 2.75) is 13.0 Å². The van der Waals surface area contributed by atoms with Crippen molar-refractivity contribution >= 4 is 28.8 Å². The third kappa shape index (κ3) is 3.61. The number of halogens is 1. The maximum atomic E-state index is 11.7. The topological polar surface area (TPSA) is 34.0 Å². The Morgan fingerprint density at radius 3 is 2.76 bits per heavy atom. The van der Waals surface area contributed by atoms with Gasteiger partial charge in [-0.05, 0) is 30.7 Å². The predicted octanol–water partition coefficient (Wildman–Crippen LogP) is 3.02. The number of rotatable bonds is 5. The van der Waals surface area contributed by atoms with Crippen LogP contribution in [0, 0.1) is 0 Å². The van der Waals surface area contributed by atoms with Crippen LogP contribution in [0.5, 0.6) is 0 Å². The Morgan fingerprint density at radius 2 is 2.12 bits per heavy atom. The first-order valence-electron chi connectivity index (χ1n) is 5.40. The third-order valence-corrected chi connectivity index (χ3v) is 3.57. The van der Waals surface area contributed by atoms with Crippen molar-refractivity contribution in [2.24, 2.45) is 0 Å². The second kappa shape index (κ2) is 5.89. The van der Waals surface area contributed by atoms with E-state index in [1.165, 1.54) is 11.3 Å². The number of hydrogen-bond acceptors (Lipinski definition) is 2. The summed E-state index contributed by atoms with van der Waals surface area (Å²) in [4.78, 5) is 12.3. The Bertz CT molecular complexity index is 478. The summed E-state index contributed by atoms with van der Waals surface area (Å²) in [5.41, 5.74) is 0. The van der Waals surface area contributed by atoms with Gasteiger partial charge in [-0.15, -0.1) is 11.3 Å². The molecule has 5 heteroatoms. The lowest BCUT2D eigenvalue weighted by Gasteiger charge is -2.04. The fourth-order valence-electron chi connectivity index (χ4n) is 1.51. The highest BCUT2D eigenvalue weighted by atomic mass is 35.5. The molecule has 1 amide bonds. The van der Waals surface area contributed by atoms with E-state index in [4.69, 9.17) is 11.6 Å². The van der Waals surface area contributed by atoms with Crippen molar-refractivity contribution in [3.05, 3.63) is 45.9 Å². The summed E-state index contributed by atoms with van der Waals surface area (Å²) in [7, 11) is 0. The summed E-state index contributed by atoms with van der Waals surface area (Å²) in [5.74, 6) is -0.0468. The number of aromatic nitrogens is 1. The monoisotopic (exact) mass is 268 g/mol. The zero-order chi connectivity index (χ0) is 12.1. The first-order valence-corrected chi connectivity index (χ1v) is 6.59. The van der Waals surface area contributed by atoms with Gasteiger partial charge in [-0.25, -0.2) is 0 Å². The number of nitrogens with zero attached hydrogens (tertiary/aromatic N) is 1. The third-order valence-electron chi connectivity index (χ3n) is 2.34. The quantitative estimate of drug-likeness (QED) is 0.831. The lowest BCUT2D eigenvalue weighted by Crippen LogP contribution is -2.24. The largest absolute Gasteiger partial charge is 0.354 e. The van der Waals surface area contributed by atoms with Crippen LogP contribution in [0.1, 0.15) is 16.1 Å². The molecule has 2 aromatic heterocycles. The summed E-state index contributed by atoms with van der Waals surface area (Å²) in [6.45, 7) is 1.59. The average Bonchev–Trinajstić information content (AvgIpc) is 2.95. The molecule has 2 heterocycles. The molecule has 0 saturated carbocycles. The van der Waals surface area contributed by atoms with Crippen molar-refractivity contribution < 1.29 is 4.79 Å². The Balaban J connectivity index is 1.70. The van der Waals surface area contributed by atoms with E-state index in [-0.39, 0.29) is 5.91 Å². The van der Waals surface area contributed by atoms with Crippen LogP contribution >= 0.6 is 22.9 Å². The summed E-state index contributed by atoms with van der Waals surface area (Å²) in [6.07, 6.45) is 4.95. The van der Waals surface area contributed by atoms with Gasteiger partial charge in [0.15, 0.2) is 0 Å². The van der Waals surface area contributed by atoms with Crippen molar-refractivity contribution in [1.82, 2.24) is 9.88 Å². The van der Waals surface area contributed by atoms with E-state index in [2.05, 4.69) is 9.88 Å². The van der Waals surface area contributed by atoms with E-state index in [9.17, 15) is 4.79 Å². The number of carbonyl (C=O) groups is 1. The minimum absolute atomic E-state index is 0.0468. The molecular weight excluding hydrogens is 256 g/mol. The zero-order valence-electron chi connectivity index (χ0n) is 9.23. The molecular formula is C12H13ClN2OS. The van der Waals surface area contributed by atoms with Crippen molar-refractivity contribution in [2.75, 3.05) is 6.54 Å². The molecule has 0 atom stereocenters. The highest BCUT2D eigenvalue weighted by Gasteiger charge is 2.07. The minimum Gasteiger partial charge on any atom is -0.354 e. The summed E-state index contributed by atoms with van der Waals surface area (Å²) in [6, 6.07) is 7.47. The van der Waals surface area contributed by atoms with Gasteiger partial charge in [0.2, 0.25) is 0 Å². The van der Waals surface area contributed by atoms with E-state index >= 15 is 0 Å². The Hall–Kier alpha value is -1.26. The molecule has 0 fully saturated rings. The van der Waals surface area contributed by atoms with Gasteiger partial charge in [0.1, 0.15) is 0 Å². The molecule has 2 rings (SSSR count). The highest BCUT2D eigenvalue weighted by molar-refractivity contribution is 7.17. The molecule has 0 aliphatic carbocycles. The fourth-order valence-corrected chi connectivity index (χ4v) is 2.47. The SMILES string of the molecule is O=C(NCCCn1cccc1)c1ccc(Cl)s1. The first kappa shape index (κ1) is 12.2. The number of aryl methyl sites for hydroxylation is 1. The average molecular weight is 269 g/mol. The molecule has 2 aromatic rings. The summed E-state index contributed by atoms with van der Waals surface area (Å²) >= 11 is 7.07. The Labute approximate surface area is 109 Å². The smallest absolute Gasteiger partial charge is 0.261 e. The van der Waals surface area contributed by atoms with Crippen molar-refractivity contribution in [3.8, 4) is 0 Å². The van der Waals surface area contributed by atoms with Gasteiger partial charge in [0.25, 0.3) is 5.91 Å². The van der Waals surface area contributed by atoms with Crippen LogP contribution in [0.25, 0.3) is 0 Å². The molecule has 17 heavy (non-hydrogen) atoms. The van der Waals surface area contributed by atoms with Gasteiger partial charge in [0.05, 0.1) is 9.21 Å². The molecule has 0 saturated heterocycles. The predicted molar refractivity (Wildman–Crippen MR) is 70.7 cm³/mol. The van der Waals surface area contributed by atoms with Crippen LogP contribution in [-0.4, -0.2) is 17.0 Å². The number of carbonyl (C=O) groups excluding carboxylic acids is 1. The normalized spacial score (nSPS) is 10.4. The van der Waals surface area contributed by atoms with Gasteiger partial charge in [0, 0.05) is 25.5 Å². The molecule has 90 valence electrons. The van der Waals surface area contributed by atoms with Crippen molar-refractivity contribution in [1.29, 1.82) is 0 Å². The fraction of sp³-hybridized carbons (Fsp3) is 0.250. The van der Waals surface area contributed by atoms with Crippen LogP contribution in [-0.2, 0) is 6.54 Å². The lowest BCUT2D eigenvalue weighted by molar-refractivity contribution is 0.0957. The Morgan fingerprint density at radius 1 is 1.35 bits per heavy atom. The summed E-state index contributed by atoms with van der Waals surface area (Å²) in [5, 5.41) is 2.87. The standard InChI is InChI=1S/C12H13ClN2OS/c13-11-5-4-10(17-11)12(16)14-6-3-9-15-7-1-2-8-15/h1-2,4-5,7-8H,3,6,9H2,(H,14,16). The second-order valence-corrected chi connectivity index (χ2v) is 5.35. The molecule has 1 N–H and O–H groups in total. The molecule has 0 radical (unpaired) electrons. The number of thiophene rings is 1. The second-order valence-electron chi connectivity index (χ2n) is 3.63. The molecule has 0 bridgehead atoms. The van der Waals surface area contributed by atoms with Gasteiger partial charge >= 0.3 is 0 Å².